The van der Waals surface area contributed by atoms with Gasteiger partial charge in [-0.05, 0) is 40.7 Å². The minimum atomic E-state index is 0.602. The topological polar surface area (TPSA) is 18.5 Å². The highest BCUT2D eigenvalue weighted by Gasteiger charge is 1.99. The fourth-order valence-electron chi connectivity index (χ4n) is 1.31. The van der Waals surface area contributed by atoms with Crippen LogP contribution in [0.15, 0.2) is 0 Å². The van der Waals surface area contributed by atoms with Gasteiger partial charge in [0.25, 0.3) is 0 Å². The van der Waals surface area contributed by atoms with Crippen molar-refractivity contribution in [3.05, 3.63) is 0 Å². The zero-order chi connectivity index (χ0) is 11.0. The Morgan fingerprint density at radius 1 is 1.00 bits per heavy atom. The molecule has 0 radical (unpaired) electrons. The van der Waals surface area contributed by atoms with Crippen LogP contribution in [0.5, 0.6) is 0 Å². The number of rotatable bonds is 8. The first-order valence-electron chi connectivity index (χ1n) is 5.59. The summed E-state index contributed by atoms with van der Waals surface area (Å²) in [5.41, 5.74) is 0. The second-order valence-electron chi connectivity index (χ2n) is 4.57. The molecule has 0 spiro atoms. The lowest BCUT2D eigenvalue weighted by atomic mass is 10.3. The maximum Gasteiger partial charge on any atom is 0.0104 e. The smallest absolute Gasteiger partial charge is 0.0104 e. The van der Waals surface area contributed by atoms with Gasteiger partial charge in [-0.1, -0.05) is 13.8 Å². The lowest BCUT2D eigenvalue weighted by Gasteiger charge is -2.19. The second-order valence-corrected chi connectivity index (χ2v) is 4.57. The molecule has 0 aromatic heterocycles. The van der Waals surface area contributed by atoms with Gasteiger partial charge in [-0.2, -0.15) is 0 Å². The molecule has 14 heavy (non-hydrogen) atoms. The van der Waals surface area contributed by atoms with Crippen LogP contribution in [0.2, 0.25) is 0 Å². The largest absolute Gasteiger partial charge is 0.313 e. The van der Waals surface area contributed by atoms with Crippen molar-refractivity contribution in [1.29, 1.82) is 0 Å². The van der Waals surface area contributed by atoms with E-state index in [0.717, 1.165) is 13.1 Å². The van der Waals surface area contributed by atoms with Crippen molar-refractivity contribution in [2.75, 3.05) is 47.3 Å². The van der Waals surface area contributed by atoms with Crippen molar-refractivity contribution in [2.24, 2.45) is 0 Å². The van der Waals surface area contributed by atoms with Crippen LogP contribution in [-0.2, 0) is 0 Å². The van der Waals surface area contributed by atoms with Gasteiger partial charge in [0.05, 0.1) is 0 Å². The molecule has 0 fully saturated rings. The van der Waals surface area contributed by atoms with Gasteiger partial charge in [-0.3, -0.25) is 0 Å². The Morgan fingerprint density at radius 3 is 2.14 bits per heavy atom. The zero-order valence-electron chi connectivity index (χ0n) is 10.5. The molecule has 0 atom stereocenters. The quantitative estimate of drug-likeness (QED) is 0.628. The maximum absolute atomic E-state index is 3.42. The van der Waals surface area contributed by atoms with E-state index in [1.807, 2.05) is 0 Å². The van der Waals surface area contributed by atoms with Gasteiger partial charge >= 0.3 is 0 Å². The third-order valence-electron chi connectivity index (χ3n) is 2.19. The average Bonchev–Trinajstić information content (AvgIpc) is 2.02. The summed E-state index contributed by atoms with van der Waals surface area (Å²) in [5.74, 6) is 0. The Kier molecular flexibility index (Phi) is 8.14. The second kappa shape index (κ2) is 8.21. The molecule has 0 bridgehead atoms. The summed E-state index contributed by atoms with van der Waals surface area (Å²) in [6.07, 6.45) is 1.26. The normalized spacial score (nSPS) is 12.0. The van der Waals surface area contributed by atoms with Gasteiger partial charge in [0, 0.05) is 19.1 Å². The fourth-order valence-corrected chi connectivity index (χ4v) is 1.31. The van der Waals surface area contributed by atoms with E-state index < -0.39 is 0 Å². The molecule has 0 heterocycles. The van der Waals surface area contributed by atoms with Crippen molar-refractivity contribution in [3.63, 3.8) is 0 Å². The molecule has 0 aromatic carbocycles. The van der Waals surface area contributed by atoms with Crippen molar-refractivity contribution in [1.82, 2.24) is 15.1 Å². The van der Waals surface area contributed by atoms with Gasteiger partial charge in [-0.15, -0.1) is 0 Å². The molecular weight excluding hydrogens is 174 g/mol. The number of nitrogens with zero attached hydrogens (tertiary/aromatic N) is 2. The van der Waals surface area contributed by atoms with Crippen LogP contribution in [0.3, 0.4) is 0 Å². The van der Waals surface area contributed by atoms with Crippen molar-refractivity contribution < 1.29 is 0 Å². The van der Waals surface area contributed by atoms with E-state index >= 15 is 0 Å². The van der Waals surface area contributed by atoms with Gasteiger partial charge in [0.2, 0.25) is 0 Å². The van der Waals surface area contributed by atoms with Crippen LogP contribution < -0.4 is 5.32 Å². The maximum atomic E-state index is 3.42. The molecule has 86 valence electrons. The Hall–Kier alpha value is -0.120. The van der Waals surface area contributed by atoms with Gasteiger partial charge in [0.15, 0.2) is 0 Å². The van der Waals surface area contributed by atoms with Crippen molar-refractivity contribution in [2.45, 2.75) is 26.3 Å². The zero-order valence-corrected chi connectivity index (χ0v) is 10.5. The van der Waals surface area contributed by atoms with Crippen LogP contribution in [-0.4, -0.2) is 63.2 Å². The number of hydrogen-bond donors (Lipinski definition) is 1. The predicted octanol–water partition coefficient (Wildman–Crippen LogP) is 0.868. The van der Waals surface area contributed by atoms with E-state index in [1.165, 1.54) is 19.5 Å². The summed E-state index contributed by atoms with van der Waals surface area (Å²) >= 11 is 0. The van der Waals surface area contributed by atoms with Gasteiger partial charge in [0.1, 0.15) is 0 Å². The molecule has 0 aromatic rings. The molecule has 0 aliphatic carbocycles. The van der Waals surface area contributed by atoms with Gasteiger partial charge in [-0.25, -0.2) is 0 Å². The summed E-state index contributed by atoms with van der Waals surface area (Å²) in [5, 5.41) is 3.42. The highest BCUT2D eigenvalue weighted by molar-refractivity contribution is 4.58. The molecule has 0 unspecified atom stereocenters. The van der Waals surface area contributed by atoms with Crippen LogP contribution in [0, 0.1) is 0 Å². The minimum absolute atomic E-state index is 0.602. The molecule has 1 N–H and O–H groups in total. The standard InChI is InChI=1S/C11H27N3/c1-11(2)12-7-10-14(5)9-6-8-13(3)4/h11-12H,6-10H2,1-5H3. The van der Waals surface area contributed by atoms with E-state index in [1.54, 1.807) is 0 Å². The molecule has 3 heteroatoms. The molecule has 0 saturated heterocycles. The lowest BCUT2D eigenvalue weighted by Crippen LogP contribution is -2.34. The van der Waals surface area contributed by atoms with E-state index in [-0.39, 0.29) is 0 Å². The molecule has 0 rings (SSSR count). The number of likely N-dealkylation sites (N-methyl/N-ethyl adjacent to an activating group) is 1. The summed E-state index contributed by atoms with van der Waals surface area (Å²) in [7, 11) is 6.44. The monoisotopic (exact) mass is 201 g/mol. The third-order valence-corrected chi connectivity index (χ3v) is 2.19. The highest BCUT2D eigenvalue weighted by Crippen LogP contribution is 1.88. The predicted molar refractivity (Wildman–Crippen MR) is 63.8 cm³/mol. The molecule has 0 amide bonds. The Morgan fingerprint density at radius 2 is 1.64 bits per heavy atom. The molecule has 0 aliphatic rings. The molecule has 0 aliphatic heterocycles. The van der Waals surface area contributed by atoms with Crippen molar-refractivity contribution >= 4 is 0 Å². The SMILES string of the molecule is CC(C)NCCN(C)CCCN(C)C. The summed E-state index contributed by atoms with van der Waals surface area (Å²) in [6.45, 7) is 8.99. The van der Waals surface area contributed by atoms with Crippen LogP contribution in [0.1, 0.15) is 20.3 Å². The summed E-state index contributed by atoms with van der Waals surface area (Å²) in [4.78, 5) is 4.62. The average molecular weight is 201 g/mol. The van der Waals surface area contributed by atoms with Crippen LogP contribution >= 0.6 is 0 Å². The van der Waals surface area contributed by atoms with E-state index in [2.05, 4.69) is 50.1 Å². The van der Waals surface area contributed by atoms with E-state index in [4.69, 9.17) is 0 Å². The first-order valence-corrected chi connectivity index (χ1v) is 5.59. The number of nitrogens with one attached hydrogen (secondary N) is 1. The summed E-state index contributed by atoms with van der Waals surface area (Å²) in [6, 6.07) is 0.602. The Balaban J connectivity index is 3.23. The first-order chi connectivity index (χ1) is 6.52. The van der Waals surface area contributed by atoms with Crippen molar-refractivity contribution in [3.8, 4) is 0 Å². The fraction of sp³-hybridized carbons (Fsp3) is 1.00. The van der Waals surface area contributed by atoms with Gasteiger partial charge < -0.3 is 15.1 Å². The first kappa shape index (κ1) is 13.9. The third kappa shape index (κ3) is 9.96. The minimum Gasteiger partial charge on any atom is -0.313 e. The van der Waals surface area contributed by atoms with E-state index in [9.17, 15) is 0 Å². The highest BCUT2D eigenvalue weighted by atomic mass is 15.1. The molecule has 0 saturated carbocycles. The molecular formula is C11H27N3. The summed E-state index contributed by atoms with van der Waals surface area (Å²) < 4.78 is 0. The Labute approximate surface area is 89.5 Å². The van der Waals surface area contributed by atoms with Crippen LogP contribution in [0.25, 0.3) is 0 Å². The van der Waals surface area contributed by atoms with E-state index in [0.29, 0.717) is 6.04 Å². The Bertz CT molecular complexity index is 110. The molecule has 3 nitrogen and oxygen atoms in total. The lowest BCUT2D eigenvalue weighted by molar-refractivity contribution is 0.297. The van der Waals surface area contributed by atoms with Crippen LogP contribution in [0.4, 0.5) is 0 Å². The number of hydrogen-bond acceptors (Lipinski definition) is 3.